The number of sulfonamides is 1. The van der Waals surface area contributed by atoms with E-state index >= 15 is 0 Å². The maximum Gasteiger partial charge on any atom is 0.318 e. The lowest BCUT2D eigenvalue weighted by molar-refractivity contribution is 0.0675. The molecule has 3 aliphatic heterocycles. The van der Waals surface area contributed by atoms with Crippen molar-refractivity contribution in [1.29, 1.82) is 0 Å². The summed E-state index contributed by atoms with van der Waals surface area (Å²) in [5.74, 6) is 1.52. The van der Waals surface area contributed by atoms with Crippen LogP contribution in [0.25, 0.3) is 0 Å². The summed E-state index contributed by atoms with van der Waals surface area (Å²) < 4.78 is 39.4. The van der Waals surface area contributed by atoms with Crippen molar-refractivity contribution < 1.29 is 17.9 Å². The van der Waals surface area contributed by atoms with Crippen molar-refractivity contribution in [3.05, 3.63) is 60.0 Å². The van der Waals surface area contributed by atoms with Crippen molar-refractivity contribution in [1.82, 2.24) is 19.3 Å². The van der Waals surface area contributed by atoms with Gasteiger partial charge in [0.1, 0.15) is 17.7 Å². The highest BCUT2D eigenvalue weighted by atomic mass is 32.2. The second kappa shape index (κ2) is 11.1. The Balaban J connectivity index is 1.02. The number of nitrogens with zero attached hydrogens (tertiary/aromatic N) is 6. The Morgan fingerprint density at radius 3 is 2.10 bits per heavy atom. The molecule has 41 heavy (non-hydrogen) atoms. The summed E-state index contributed by atoms with van der Waals surface area (Å²) >= 11 is 0. The summed E-state index contributed by atoms with van der Waals surface area (Å²) in [6, 6.07) is 9.93. The number of aryl methyl sites for hydroxylation is 2. The van der Waals surface area contributed by atoms with E-state index < -0.39 is 10.0 Å². The van der Waals surface area contributed by atoms with Crippen molar-refractivity contribution in [2.45, 2.75) is 50.5 Å². The molecule has 3 saturated heterocycles. The molecule has 6 rings (SSSR count). The first kappa shape index (κ1) is 27.7. The quantitative estimate of drug-likeness (QED) is 0.414. The molecule has 0 saturated carbocycles. The third-order valence-corrected chi connectivity index (χ3v) is 11.1. The van der Waals surface area contributed by atoms with Crippen molar-refractivity contribution in [3.63, 3.8) is 0 Å². The largest absolute Gasteiger partial charge is 0.497 e. The average molecular weight is 579 g/mol. The summed E-state index contributed by atoms with van der Waals surface area (Å²) in [5.41, 5.74) is 3.00. The van der Waals surface area contributed by atoms with E-state index in [-0.39, 0.29) is 19.2 Å². The van der Waals surface area contributed by atoms with Gasteiger partial charge in [-0.15, -0.1) is 0 Å². The number of ether oxygens (including phenoxy) is 2. The molecular weight excluding hydrogens is 540 g/mol. The molecule has 0 unspecified atom stereocenters. The predicted octanol–water partition coefficient (Wildman–Crippen LogP) is 3.84. The van der Waals surface area contributed by atoms with Gasteiger partial charge in [-0.25, -0.2) is 13.4 Å². The fourth-order valence-electron chi connectivity index (χ4n) is 6.45. The van der Waals surface area contributed by atoms with Crippen LogP contribution in [-0.2, 0) is 10.0 Å². The van der Waals surface area contributed by atoms with Crippen molar-refractivity contribution >= 4 is 21.5 Å². The lowest BCUT2D eigenvalue weighted by atomic mass is 9.71. The zero-order chi connectivity index (χ0) is 28.6. The van der Waals surface area contributed by atoms with Crippen LogP contribution in [0.15, 0.2) is 53.8 Å². The van der Waals surface area contributed by atoms with Gasteiger partial charge in [-0.3, -0.25) is 4.98 Å². The number of piperidine rings is 2. The highest BCUT2D eigenvalue weighted by molar-refractivity contribution is 7.89. The van der Waals surface area contributed by atoms with Gasteiger partial charge in [0.05, 0.1) is 25.1 Å². The van der Waals surface area contributed by atoms with Gasteiger partial charge in [0.15, 0.2) is 0 Å². The zero-order valence-corrected chi connectivity index (χ0v) is 24.8. The summed E-state index contributed by atoms with van der Waals surface area (Å²) in [7, 11) is -2.05. The smallest absolute Gasteiger partial charge is 0.318 e. The summed E-state index contributed by atoms with van der Waals surface area (Å²) in [6.07, 6.45) is 9.89. The molecule has 2 aromatic heterocycles. The predicted molar refractivity (Wildman–Crippen MR) is 157 cm³/mol. The first-order valence-corrected chi connectivity index (χ1v) is 15.8. The van der Waals surface area contributed by atoms with E-state index in [2.05, 4.69) is 31.9 Å². The van der Waals surface area contributed by atoms with Crippen LogP contribution in [0.5, 0.6) is 11.8 Å². The standard InChI is InChI=1S/C30H38N6O4S/c1-22-18-25(39-3)19-23(2)28(22)41(37,38)36-20-26(21-36)40-29-32-13-6-27(33-29)35-16-9-30(10-17-35)7-14-34(15-8-30)24-4-11-31-12-5-24/h4-6,11-13,18-19,26H,7-10,14-17,20-21H2,1-3H3. The van der Waals surface area contributed by atoms with Crippen LogP contribution in [0.4, 0.5) is 11.5 Å². The SMILES string of the molecule is COc1cc(C)c(S(=O)(=O)N2CC(Oc3nccc(N4CCC5(CCN(c6ccncc6)CC5)CC4)n3)C2)c(C)c1. The molecular formula is C30H38N6O4S. The number of aromatic nitrogens is 3. The minimum Gasteiger partial charge on any atom is -0.497 e. The number of rotatable bonds is 7. The number of methoxy groups -OCH3 is 1. The highest BCUT2D eigenvalue weighted by Gasteiger charge is 2.41. The van der Waals surface area contributed by atoms with Gasteiger partial charge >= 0.3 is 6.01 Å². The Labute approximate surface area is 242 Å². The maximum atomic E-state index is 13.3. The van der Waals surface area contributed by atoms with Crippen LogP contribution < -0.4 is 19.3 Å². The molecule has 1 spiro atoms. The van der Waals surface area contributed by atoms with Crippen LogP contribution >= 0.6 is 0 Å². The molecule has 0 atom stereocenters. The Kier molecular flexibility index (Phi) is 7.50. The van der Waals surface area contributed by atoms with E-state index in [1.165, 1.54) is 22.8 Å². The molecule has 3 aliphatic rings. The van der Waals surface area contributed by atoms with Crippen LogP contribution in [0.3, 0.4) is 0 Å². The molecule has 11 heteroatoms. The third-order valence-electron chi connectivity index (χ3n) is 8.97. The van der Waals surface area contributed by atoms with E-state index in [4.69, 9.17) is 14.5 Å². The molecule has 3 aromatic rings. The summed E-state index contributed by atoms with van der Waals surface area (Å²) in [4.78, 5) is 18.3. The Morgan fingerprint density at radius 2 is 1.49 bits per heavy atom. The van der Waals surface area contributed by atoms with Gasteiger partial charge in [0.2, 0.25) is 10.0 Å². The zero-order valence-electron chi connectivity index (χ0n) is 24.0. The van der Waals surface area contributed by atoms with Crippen LogP contribution in [0.2, 0.25) is 0 Å². The van der Waals surface area contributed by atoms with Crippen molar-refractivity contribution in [2.24, 2.45) is 5.41 Å². The molecule has 5 heterocycles. The van der Waals surface area contributed by atoms with Gasteiger partial charge in [-0.2, -0.15) is 9.29 Å². The molecule has 218 valence electrons. The second-order valence-corrected chi connectivity index (χ2v) is 13.4. The van der Waals surface area contributed by atoms with E-state index in [0.29, 0.717) is 33.2 Å². The number of hydrogen-bond donors (Lipinski definition) is 0. The molecule has 0 bridgehead atoms. The molecule has 0 aliphatic carbocycles. The van der Waals surface area contributed by atoms with Crippen molar-refractivity contribution in [3.8, 4) is 11.8 Å². The minimum atomic E-state index is -3.63. The van der Waals surface area contributed by atoms with Crippen LogP contribution in [0, 0.1) is 19.3 Å². The van der Waals surface area contributed by atoms with Gasteiger partial charge in [-0.05, 0) is 86.4 Å². The number of hydrogen-bond acceptors (Lipinski definition) is 9. The lowest BCUT2D eigenvalue weighted by Gasteiger charge is -2.47. The monoisotopic (exact) mass is 578 g/mol. The molecule has 0 amide bonds. The number of pyridine rings is 1. The lowest BCUT2D eigenvalue weighted by Crippen LogP contribution is -2.56. The normalized spacial score (nSPS) is 19.7. The van der Waals surface area contributed by atoms with Gasteiger partial charge < -0.3 is 19.3 Å². The van der Waals surface area contributed by atoms with Gasteiger partial charge in [-0.1, -0.05) is 0 Å². The second-order valence-electron chi connectivity index (χ2n) is 11.5. The average Bonchev–Trinajstić information content (AvgIpc) is 2.95. The Bertz CT molecular complexity index is 1450. The van der Waals surface area contributed by atoms with Crippen LogP contribution in [-0.4, -0.2) is 80.2 Å². The van der Waals surface area contributed by atoms with E-state index in [9.17, 15) is 8.42 Å². The van der Waals surface area contributed by atoms with Crippen molar-refractivity contribution in [2.75, 3.05) is 56.2 Å². The molecule has 1 aromatic carbocycles. The van der Waals surface area contributed by atoms with E-state index in [1.807, 2.05) is 18.5 Å². The third kappa shape index (κ3) is 5.57. The topological polar surface area (TPSA) is 101 Å². The minimum absolute atomic E-state index is 0.267. The van der Waals surface area contributed by atoms with E-state index in [1.54, 1.807) is 39.3 Å². The number of anilines is 2. The summed E-state index contributed by atoms with van der Waals surface area (Å²) in [5, 5.41) is 0. The van der Waals surface area contributed by atoms with Crippen LogP contribution in [0.1, 0.15) is 36.8 Å². The fraction of sp³-hybridized carbons (Fsp3) is 0.500. The van der Waals surface area contributed by atoms with Gasteiger partial charge in [0, 0.05) is 50.5 Å². The molecule has 3 fully saturated rings. The highest BCUT2D eigenvalue weighted by Crippen LogP contribution is 2.43. The molecule has 0 radical (unpaired) electrons. The Hall–Kier alpha value is -3.44. The molecule has 0 N–H and O–H groups in total. The first-order chi connectivity index (χ1) is 19.8. The van der Waals surface area contributed by atoms with Gasteiger partial charge in [0.25, 0.3) is 0 Å². The van der Waals surface area contributed by atoms with E-state index in [0.717, 1.165) is 44.8 Å². The Morgan fingerprint density at radius 1 is 0.878 bits per heavy atom. The fourth-order valence-corrected chi connectivity index (χ4v) is 8.37. The molecule has 10 nitrogen and oxygen atoms in total. The first-order valence-electron chi connectivity index (χ1n) is 14.3. The summed E-state index contributed by atoms with van der Waals surface area (Å²) in [6.45, 7) is 8.21. The maximum absolute atomic E-state index is 13.3. The number of benzene rings is 1.